The molecule has 0 N–H and O–H groups in total. The molecule has 0 aromatic carbocycles. The number of unbranched alkanes of at least 4 members (excludes halogenated alkanes) is 20. The molecule has 1 atom stereocenters. The van der Waals surface area contributed by atoms with Gasteiger partial charge < -0.3 is 14.2 Å². The Balaban J connectivity index is 4.53. The van der Waals surface area contributed by atoms with Gasteiger partial charge in [0.05, 0.1) is 0 Å². The van der Waals surface area contributed by atoms with Crippen LogP contribution in [-0.2, 0) is 28.6 Å². The molecule has 0 saturated heterocycles. The smallest absolute Gasteiger partial charge is 0.306 e. The van der Waals surface area contributed by atoms with Crippen LogP contribution in [0.5, 0.6) is 0 Å². The van der Waals surface area contributed by atoms with E-state index in [1.807, 2.05) is 36.5 Å². The average Bonchev–Trinajstić information content (AvgIpc) is 3.29. The molecule has 0 rings (SSSR count). The fourth-order valence-corrected chi connectivity index (χ4v) is 6.70. The number of carbonyl (C=O) groups excluding carboxylic acids is 3. The molecule has 0 aliphatic carbocycles. The molecule has 362 valence electrons. The fourth-order valence-electron chi connectivity index (χ4n) is 6.70. The van der Waals surface area contributed by atoms with Gasteiger partial charge in [0.1, 0.15) is 13.2 Å². The second-order valence-electron chi connectivity index (χ2n) is 16.9. The third-order valence-electron chi connectivity index (χ3n) is 10.6. The van der Waals surface area contributed by atoms with Crippen LogP contribution in [0, 0.1) is 0 Å². The van der Waals surface area contributed by atoms with Crippen LogP contribution < -0.4 is 0 Å². The summed E-state index contributed by atoms with van der Waals surface area (Å²) in [7, 11) is 0. The number of esters is 3. The third-order valence-corrected chi connectivity index (χ3v) is 10.6. The molecule has 6 nitrogen and oxygen atoms in total. The highest BCUT2D eigenvalue weighted by Crippen LogP contribution is 2.13. The Morgan fingerprint density at radius 3 is 1.16 bits per heavy atom. The van der Waals surface area contributed by atoms with Crippen molar-refractivity contribution in [2.45, 2.75) is 226 Å². The molecule has 64 heavy (non-hydrogen) atoms. The minimum atomic E-state index is -0.817. The molecule has 6 heteroatoms. The number of hydrogen-bond donors (Lipinski definition) is 0. The van der Waals surface area contributed by atoms with Crippen LogP contribution in [0.25, 0.3) is 0 Å². The van der Waals surface area contributed by atoms with Crippen molar-refractivity contribution in [2.24, 2.45) is 0 Å². The molecule has 0 heterocycles. The first-order valence-electron chi connectivity index (χ1n) is 26.0. The van der Waals surface area contributed by atoms with Gasteiger partial charge in [0.25, 0.3) is 0 Å². The summed E-state index contributed by atoms with van der Waals surface area (Å²) >= 11 is 0. The summed E-state index contributed by atoms with van der Waals surface area (Å²) in [4.78, 5) is 37.9. The molecule has 0 fully saturated rings. The predicted molar refractivity (Wildman–Crippen MR) is 274 cm³/mol. The lowest BCUT2D eigenvalue weighted by Gasteiger charge is -2.18. The van der Waals surface area contributed by atoms with E-state index in [0.29, 0.717) is 19.3 Å². The molecular weight excluding hydrogens is 793 g/mol. The number of ether oxygens (including phenoxy) is 3. The Bertz CT molecular complexity index is 1340. The quantitative estimate of drug-likeness (QED) is 0.0199. The average molecular weight is 887 g/mol. The maximum atomic E-state index is 12.8. The summed E-state index contributed by atoms with van der Waals surface area (Å²) in [6.45, 7) is 6.43. The summed E-state index contributed by atoms with van der Waals surface area (Å²) in [6, 6.07) is 0. The molecule has 0 aromatic heterocycles. The lowest BCUT2D eigenvalue weighted by atomic mass is 10.1. The zero-order chi connectivity index (χ0) is 46.5. The van der Waals surface area contributed by atoms with Crippen LogP contribution in [-0.4, -0.2) is 37.2 Å². The van der Waals surface area contributed by atoms with Crippen molar-refractivity contribution in [2.75, 3.05) is 13.2 Å². The van der Waals surface area contributed by atoms with Crippen molar-refractivity contribution in [3.8, 4) is 0 Å². The number of allylic oxidation sites excluding steroid dienone is 18. The molecule has 0 aliphatic heterocycles. The lowest BCUT2D eigenvalue weighted by Crippen LogP contribution is -2.30. The van der Waals surface area contributed by atoms with Crippen LogP contribution in [0.4, 0.5) is 0 Å². The largest absolute Gasteiger partial charge is 0.462 e. The highest BCUT2D eigenvalue weighted by Gasteiger charge is 2.19. The zero-order valence-corrected chi connectivity index (χ0v) is 41.3. The van der Waals surface area contributed by atoms with E-state index in [4.69, 9.17) is 14.2 Å². The molecule has 0 amide bonds. The van der Waals surface area contributed by atoms with Crippen molar-refractivity contribution in [1.82, 2.24) is 0 Å². The van der Waals surface area contributed by atoms with E-state index in [0.717, 1.165) is 89.9 Å². The van der Waals surface area contributed by atoms with E-state index >= 15 is 0 Å². The Morgan fingerprint density at radius 2 is 0.672 bits per heavy atom. The van der Waals surface area contributed by atoms with Crippen LogP contribution in [0.2, 0.25) is 0 Å². The van der Waals surface area contributed by atoms with Crippen molar-refractivity contribution >= 4 is 17.9 Å². The first-order chi connectivity index (χ1) is 31.5. The van der Waals surface area contributed by atoms with Gasteiger partial charge in [-0.05, 0) is 77.0 Å². The Morgan fingerprint density at radius 1 is 0.328 bits per heavy atom. The predicted octanol–water partition coefficient (Wildman–Crippen LogP) is 17.1. The second-order valence-corrected chi connectivity index (χ2v) is 16.9. The summed E-state index contributed by atoms with van der Waals surface area (Å²) in [5.74, 6) is -0.997. The maximum Gasteiger partial charge on any atom is 0.306 e. The van der Waals surface area contributed by atoms with Crippen molar-refractivity contribution in [3.05, 3.63) is 109 Å². The van der Waals surface area contributed by atoms with E-state index in [9.17, 15) is 14.4 Å². The molecule has 0 spiro atoms. The van der Waals surface area contributed by atoms with Gasteiger partial charge in [-0.2, -0.15) is 0 Å². The van der Waals surface area contributed by atoms with E-state index in [-0.39, 0.29) is 37.5 Å². The molecule has 0 aliphatic rings. The fraction of sp³-hybridized carbons (Fsp3) is 0.638. The monoisotopic (exact) mass is 887 g/mol. The van der Waals surface area contributed by atoms with Crippen molar-refractivity contribution in [3.63, 3.8) is 0 Å². The molecule has 0 aromatic rings. The van der Waals surface area contributed by atoms with Crippen LogP contribution in [0.3, 0.4) is 0 Å². The van der Waals surface area contributed by atoms with E-state index in [1.165, 1.54) is 83.5 Å². The van der Waals surface area contributed by atoms with Gasteiger partial charge in [0.2, 0.25) is 0 Å². The van der Waals surface area contributed by atoms with Gasteiger partial charge in [-0.3, -0.25) is 14.4 Å². The molecular formula is C58H94O6. The van der Waals surface area contributed by atoms with Crippen LogP contribution in [0.15, 0.2) is 109 Å². The summed E-state index contributed by atoms with van der Waals surface area (Å²) in [5.41, 5.74) is 0. The van der Waals surface area contributed by atoms with Crippen molar-refractivity contribution < 1.29 is 28.6 Å². The minimum absolute atomic E-state index is 0.109. The number of rotatable bonds is 45. The highest BCUT2D eigenvalue weighted by molar-refractivity contribution is 5.71. The van der Waals surface area contributed by atoms with Gasteiger partial charge in [-0.25, -0.2) is 0 Å². The SMILES string of the molecule is CCC\C=C/C=C\C=C/C=C\C=C/CCCCCCCC(=O)OCC(COC(=O)CCCCCCCCCCCCC)OC(=O)CCC/C=C\C/C=C\C/C=C\C/C=C\CCCCC. The summed E-state index contributed by atoms with van der Waals surface area (Å²) < 4.78 is 16.7. The van der Waals surface area contributed by atoms with Crippen LogP contribution in [0.1, 0.15) is 220 Å². The highest BCUT2D eigenvalue weighted by atomic mass is 16.6. The summed E-state index contributed by atoms with van der Waals surface area (Å²) in [5, 5.41) is 0. The normalized spacial score (nSPS) is 13.0. The lowest BCUT2D eigenvalue weighted by molar-refractivity contribution is -0.167. The van der Waals surface area contributed by atoms with E-state index in [2.05, 4.69) is 93.7 Å². The van der Waals surface area contributed by atoms with E-state index in [1.54, 1.807) is 0 Å². The standard InChI is InChI=1S/C58H94O6/c1-4-7-10-13-16-19-22-24-26-28-30-31-33-36-39-42-45-48-51-57(60)63-54-55(53-62-56(59)50-47-44-41-38-35-21-18-15-12-9-6-3)64-58(61)52-49-46-43-40-37-34-32-29-27-25-23-20-17-14-11-8-5-2/h10,13,16-17,19-20,22,24-28,30-32,34,40,43,55H,4-9,11-12,14-15,18,21,23,29,33,35-39,41-42,44-54H2,1-3H3/b13-10-,19-16-,20-17-,24-22-,27-25-,28-26-,31-30-,34-32-,43-40-. The molecule has 0 bridgehead atoms. The topological polar surface area (TPSA) is 78.9 Å². The molecule has 1 unspecified atom stereocenters. The Labute approximate surface area is 393 Å². The molecule has 0 radical (unpaired) electrons. The van der Waals surface area contributed by atoms with Gasteiger partial charge >= 0.3 is 17.9 Å². The number of carbonyl (C=O) groups is 3. The minimum Gasteiger partial charge on any atom is -0.462 e. The first-order valence-corrected chi connectivity index (χ1v) is 26.0. The molecule has 0 saturated carbocycles. The third kappa shape index (κ3) is 49.1. The Hall–Kier alpha value is -3.93. The zero-order valence-electron chi connectivity index (χ0n) is 41.3. The van der Waals surface area contributed by atoms with Gasteiger partial charge in [0.15, 0.2) is 6.10 Å². The first kappa shape index (κ1) is 60.1. The maximum absolute atomic E-state index is 12.8. The number of hydrogen-bond acceptors (Lipinski definition) is 6. The van der Waals surface area contributed by atoms with Gasteiger partial charge in [0, 0.05) is 19.3 Å². The van der Waals surface area contributed by atoms with Crippen molar-refractivity contribution in [1.29, 1.82) is 0 Å². The van der Waals surface area contributed by atoms with Gasteiger partial charge in [-0.15, -0.1) is 0 Å². The second kappa shape index (κ2) is 51.7. The van der Waals surface area contributed by atoms with E-state index < -0.39 is 6.10 Å². The Kier molecular flexibility index (Phi) is 48.5. The van der Waals surface area contributed by atoms with Crippen LogP contribution >= 0.6 is 0 Å². The van der Waals surface area contributed by atoms with Gasteiger partial charge in [-0.1, -0.05) is 233 Å². The summed E-state index contributed by atoms with van der Waals surface area (Å²) in [6.07, 6.45) is 69.2.